The van der Waals surface area contributed by atoms with Crippen molar-refractivity contribution in [3.8, 4) is 11.5 Å². The molecule has 1 aromatic heterocycles. The summed E-state index contributed by atoms with van der Waals surface area (Å²) < 4.78 is 11.3. The molecule has 112 valence electrons. The lowest BCUT2D eigenvalue weighted by molar-refractivity contribution is 0.395. The van der Waals surface area contributed by atoms with Crippen LogP contribution in [0, 0.1) is 0 Å². The highest BCUT2D eigenvalue weighted by Crippen LogP contribution is 2.28. The molecular formula is C15H18BrN3O2. The topological polar surface area (TPSA) is 56.3 Å². The van der Waals surface area contributed by atoms with E-state index >= 15 is 0 Å². The summed E-state index contributed by atoms with van der Waals surface area (Å²) in [5, 5.41) is 3.25. The number of benzene rings is 1. The monoisotopic (exact) mass is 351 g/mol. The van der Waals surface area contributed by atoms with Crippen LogP contribution in [0.3, 0.4) is 0 Å². The molecule has 2 rings (SSSR count). The van der Waals surface area contributed by atoms with Crippen molar-refractivity contribution < 1.29 is 9.47 Å². The third-order valence-electron chi connectivity index (χ3n) is 2.85. The molecule has 0 saturated heterocycles. The van der Waals surface area contributed by atoms with Crippen LogP contribution < -0.4 is 14.8 Å². The van der Waals surface area contributed by atoms with E-state index in [0.29, 0.717) is 11.5 Å². The molecule has 1 aromatic carbocycles. The van der Waals surface area contributed by atoms with Crippen molar-refractivity contribution in [3.63, 3.8) is 0 Å². The molecule has 0 fully saturated rings. The Hall–Kier alpha value is -1.82. The fraction of sp³-hybridized carbons (Fsp3) is 0.333. The molecule has 5 nitrogen and oxygen atoms in total. The Morgan fingerprint density at radius 3 is 2.14 bits per heavy atom. The van der Waals surface area contributed by atoms with Crippen molar-refractivity contribution in [2.24, 2.45) is 0 Å². The summed E-state index contributed by atoms with van der Waals surface area (Å²) in [6.45, 7) is 4.11. The zero-order valence-corrected chi connectivity index (χ0v) is 14.1. The van der Waals surface area contributed by atoms with Crippen molar-refractivity contribution >= 4 is 27.4 Å². The Balaban J connectivity index is 2.33. The van der Waals surface area contributed by atoms with Crippen LogP contribution in [0.4, 0.5) is 11.5 Å². The maximum atomic E-state index is 5.26. The molecule has 0 amide bonds. The molecule has 21 heavy (non-hydrogen) atoms. The van der Waals surface area contributed by atoms with Gasteiger partial charge in [-0.1, -0.05) is 13.8 Å². The van der Waals surface area contributed by atoms with Gasteiger partial charge in [0, 0.05) is 35.9 Å². The van der Waals surface area contributed by atoms with E-state index < -0.39 is 0 Å². The number of nitrogens with zero attached hydrogens (tertiary/aromatic N) is 2. The fourth-order valence-electron chi connectivity index (χ4n) is 1.78. The van der Waals surface area contributed by atoms with Gasteiger partial charge in [0.15, 0.2) is 0 Å². The summed E-state index contributed by atoms with van der Waals surface area (Å²) >= 11 is 3.41. The van der Waals surface area contributed by atoms with E-state index in [1.165, 1.54) is 0 Å². The van der Waals surface area contributed by atoms with Crippen LogP contribution in [0.5, 0.6) is 11.5 Å². The second-order valence-electron chi connectivity index (χ2n) is 4.82. The number of nitrogens with one attached hydrogen (secondary N) is 1. The number of methoxy groups -OCH3 is 2. The molecule has 6 heteroatoms. The Morgan fingerprint density at radius 1 is 1.00 bits per heavy atom. The van der Waals surface area contributed by atoms with E-state index in [1.54, 1.807) is 14.2 Å². The van der Waals surface area contributed by atoms with E-state index in [4.69, 9.17) is 9.47 Å². The lowest BCUT2D eigenvalue weighted by Crippen LogP contribution is -2.02. The molecule has 0 unspecified atom stereocenters. The third kappa shape index (κ3) is 4.07. The molecule has 0 atom stereocenters. The lowest BCUT2D eigenvalue weighted by atomic mass is 10.2. The summed E-state index contributed by atoms with van der Waals surface area (Å²) in [6.07, 6.45) is 0. The number of hydrogen-bond donors (Lipinski definition) is 1. The molecule has 0 aliphatic heterocycles. The van der Waals surface area contributed by atoms with Crippen LogP contribution in [0.1, 0.15) is 25.6 Å². The van der Waals surface area contributed by atoms with Gasteiger partial charge in [-0.3, -0.25) is 0 Å². The predicted molar refractivity (Wildman–Crippen MR) is 86.6 cm³/mol. The molecule has 1 N–H and O–H groups in total. The summed E-state index contributed by atoms with van der Waals surface area (Å²) in [7, 11) is 3.24. The van der Waals surface area contributed by atoms with Crippen molar-refractivity contribution in [1.29, 1.82) is 0 Å². The Bertz CT molecular complexity index is 610. The number of hydrogen-bond acceptors (Lipinski definition) is 5. The maximum absolute atomic E-state index is 5.26. The van der Waals surface area contributed by atoms with E-state index in [-0.39, 0.29) is 5.92 Å². The van der Waals surface area contributed by atoms with E-state index in [1.807, 2.05) is 24.3 Å². The normalized spacial score (nSPS) is 10.6. The minimum atomic E-state index is 0.253. The van der Waals surface area contributed by atoms with Crippen molar-refractivity contribution in [1.82, 2.24) is 9.97 Å². The summed E-state index contributed by atoms with van der Waals surface area (Å²) in [5.41, 5.74) is 0.839. The highest BCUT2D eigenvalue weighted by Gasteiger charge is 2.08. The van der Waals surface area contributed by atoms with Gasteiger partial charge in [0.25, 0.3) is 0 Å². The molecule has 0 bridgehead atoms. The highest BCUT2D eigenvalue weighted by atomic mass is 79.9. The number of aromatic nitrogens is 2. The average Bonchev–Trinajstić information content (AvgIpc) is 2.46. The largest absolute Gasteiger partial charge is 0.497 e. The predicted octanol–water partition coefficient (Wildman–Crippen LogP) is 4.12. The first-order valence-corrected chi connectivity index (χ1v) is 7.35. The van der Waals surface area contributed by atoms with Crippen LogP contribution in [-0.4, -0.2) is 24.2 Å². The quantitative estimate of drug-likeness (QED) is 0.821. The molecule has 2 aromatic rings. The van der Waals surface area contributed by atoms with Gasteiger partial charge in [-0.25, -0.2) is 9.97 Å². The SMILES string of the molecule is COc1cc(Nc2cc(Br)nc(C(C)C)n2)cc(OC)c1. The number of halogens is 1. The Kier molecular flexibility index (Phi) is 5.01. The smallest absolute Gasteiger partial charge is 0.135 e. The van der Waals surface area contributed by atoms with E-state index in [2.05, 4.69) is 45.1 Å². The first-order chi connectivity index (χ1) is 10.0. The zero-order chi connectivity index (χ0) is 15.4. The van der Waals surface area contributed by atoms with Gasteiger partial charge >= 0.3 is 0 Å². The highest BCUT2D eigenvalue weighted by molar-refractivity contribution is 9.10. The second kappa shape index (κ2) is 6.76. The summed E-state index contributed by atoms with van der Waals surface area (Å²) in [4.78, 5) is 8.86. The number of anilines is 2. The second-order valence-corrected chi connectivity index (χ2v) is 5.63. The molecule has 1 heterocycles. The van der Waals surface area contributed by atoms with Gasteiger partial charge in [0.2, 0.25) is 0 Å². The maximum Gasteiger partial charge on any atom is 0.135 e. The van der Waals surface area contributed by atoms with E-state index in [0.717, 1.165) is 21.9 Å². The van der Waals surface area contributed by atoms with Crippen LogP contribution in [-0.2, 0) is 0 Å². The summed E-state index contributed by atoms with van der Waals surface area (Å²) in [6, 6.07) is 7.42. The number of rotatable bonds is 5. The third-order valence-corrected chi connectivity index (χ3v) is 3.26. The van der Waals surface area contributed by atoms with Gasteiger partial charge in [0.1, 0.15) is 27.7 Å². The van der Waals surface area contributed by atoms with Gasteiger partial charge in [-0.05, 0) is 15.9 Å². The average molecular weight is 352 g/mol. The fourth-order valence-corrected chi connectivity index (χ4v) is 2.18. The molecule has 0 aliphatic carbocycles. The van der Waals surface area contributed by atoms with Crippen LogP contribution in [0.15, 0.2) is 28.9 Å². The van der Waals surface area contributed by atoms with E-state index in [9.17, 15) is 0 Å². The van der Waals surface area contributed by atoms with Crippen molar-refractivity contribution in [2.75, 3.05) is 19.5 Å². The van der Waals surface area contributed by atoms with Gasteiger partial charge in [-0.15, -0.1) is 0 Å². The Labute approximate surface area is 132 Å². The number of ether oxygens (including phenoxy) is 2. The zero-order valence-electron chi connectivity index (χ0n) is 12.5. The van der Waals surface area contributed by atoms with Crippen molar-refractivity contribution in [2.45, 2.75) is 19.8 Å². The molecule has 0 radical (unpaired) electrons. The lowest BCUT2D eigenvalue weighted by Gasteiger charge is -2.12. The van der Waals surface area contributed by atoms with Gasteiger partial charge in [0.05, 0.1) is 14.2 Å². The van der Waals surface area contributed by atoms with Crippen LogP contribution >= 0.6 is 15.9 Å². The minimum Gasteiger partial charge on any atom is -0.497 e. The van der Waals surface area contributed by atoms with Gasteiger partial charge < -0.3 is 14.8 Å². The minimum absolute atomic E-state index is 0.253. The molecule has 0 spiro atoms. The van der Waals surface area contributed by atoms with Crippen LogP contribution in [0.25, 0.3) is 0 Å². The van der Waals surface area contributed by atoms with Crippen molar-refractivity contribution in [3.05, 3.63) is 34.7 Å². The van der Waals surface area contributed by atoms with Gasteiger partial charge in [-0.2, -0.15) is 0 Å². The summed E-state index contributed by atoms with van der Waals surface area (Å²) in [5.74, 6) is 3.18. The molecule has 0 aliphatic rings. The molecular weight excluding hydrogens is 334 g/mol. The molecule has 0 saturated carbocycles. The Morgan fingerprint density at radius 2 is 1.62 bits per heavy atom. The first kappa shape index (κ1) is 15.6. The van der Waals surface area contributed by atoms with Crippen LogP contribution in [0.2, 0.25) is 0 Å². The first-order valence-electron chi connectivity index (χ1n) is 6.56. The standard InChI is InChI=1S/C15H18BrN3O2/c1-9(2)15-18-13(16)8-14(19-15)17-10-5-11(20-3)7-12(6-10)21-4/h5-9H,1-4H3,(H,17,18,19).